The molecular formula is C31H30N2O2. The Balaban J connectivity index is 1.37. The quantitative estimate of drug-likeness (QED) is 0.265. The Morgan fingerprint density at radius 1 is 0.800 bits per heavy atom. The molecular weight excluding hydrogens is 432 g/mol. The van der Waals surface area contributed by atoms with Gasteiger partial charge in [0.2, 0.25) is 5.91 Å². The molecule has 0 spiro atoms. The zero-order valence-corrected chi connectivity index (χ0v) is 19.9. The van der Waals surface area contributed by atoms with Gasteiger partial charge in [0.1, 0.15) is 6.29 Å². The molecule has 0 saturated heterocycles. The number of hydrogen-bond donors (Lipinski definition) is 2. The Morgan fingerprint density at radius 2 is 1.46 bits per heavy atom. The van der Waals surface area contributed by atoms with Gasteiger partial charge in [-0.1, -0.05) is 84.9 Å². The van der Waals surface area contributed by atoms with Crippen molar-refractivity contribution in [2.45, 2.75) is 25.7 Å². The number of benzene rings is 4. The summed E-state index contributed by atoms with van der Waals surface area (Å²) >= 11 is 0. The van der Waals surface area contributed by atoms with Crippen molar-refractivity contribution in [1.82, 2.24) is 0 Å². The molecule has 0 radical (unpaired) electrons. The Kier molecular flexibility index (Phi) is 8.08. The summed E-state index contributed by atoms with van der Waals surface area (Å²) < 4.78 is 0. The first-order valence-corrected chi connectivity index (χ1v) is 11.9. The number of carbonyl (C=O) groups excluding carboxylic acids is 2. The van der Waals surface area contributed by atoms with Crippen LogP contribution in [0.4, 0.5) is 11.4 Å². The van der Waals surface area contributed by atoms with Crippen molar-refractivity contribution in [2.75, 3.05) is 17.2 Å². The number of aldehydes is 1. The minimum Gasteiger partial charge on any atom is -0.385 e. The summed E-state index contributed by atoms with van der Waals surface area (Å²) in [6, 6.07) is 33.7. The molecule has 0 aliphatic rings. The fraction of sp³-hybridized carbons (Fsp3) is 0.161. The van der Waals surface area contributed by atoms with Gasteiger partial charge < -0.3 is 10.6 Å². The molecule has 4 nitrogen and oxygen atoms in total. The molecule has 1 amide bonds. The monoisotopic (exact) mass is 462 g/mol. The van der Waals surface area contributed by atoms with E-state index in [9.17, 15) is 9.59 Å². The van der Waals surface area contributed by atoms with E-state index in [0.29, 0.717) is 12.0 Å². The SMILES string of the molecule is CC(C(=O)Nc1ccccc1Cc1ccccc1C=O)c1ccc(NCCc2ccccc2)cc1. The van der Waals surface area contributed by atoms with Gasteiger partial charge in [0, 0.05) is 29.9 Å². The molecule has 0 bridgehead atoms. The zero-order valence-electron chi connectivity index (χ0n) is 19.9. The van der Waals surface area contributed by atoms with Crippen LogP contribution in [0.5, 0.6) is 0 Å². The van der Waals surface area contributed by atoms with Gasteiger partial charge in [0.25, 0.3) is 0 Å². The fourth-order valence-corrected chi connectivity index (χ4v) is 4.09. The minimum absolute atomic E-state index is 0.0640. The molecule has 4 rings (SSSR count). The number of amides is 1. The van der Waals surface area contributed by atoms with Crippen LogP contribution in [-0.2, 0) is 17.6 Å². The highest BCUT2D eigenvalue weighted by Crippen LogP contribution is 2.24. The van der Waals surface area contributed by atoms with Crippen molar-refractivity contribution in [3.8, 4) is 0 Å². The average Bonchev–Trinajstić information content (AvgIpc) is 2.90. The Morgan fingerprint density at radius 3 is 2.20 bits per heavy atom. The third-order valence-corrected chi connectivity index (χ3v) is 6.23. The van der Waals surface area contributed by atoms with Gasteiger partial charge >= 0.3 is 0 Å². The largest absolute Gasteiger partial charge is 0.385 e. The summed E-state index contributed by atoms with van der Waals surface area (Å²) in [5, 5.41) is 6.53. The molecule has 0 saturated carbocycles. The molecule has 176 valence electrons. The van der Waals surface area contributed by atoms with Gasteiger partial charge in [-0.15, -0.1) is 0 Å². The van der Waals surface area contributed by atoms with Crippen molar-refractivity contribution in [1.29, 1.82) is 0 Å². The molecule has 0 aromatic heterocycles. The van der Waals surface area contributed by atoms with E-state index in [0.717, 1.165) is 47.3 Å². The number of hydrogen-bond acceptors (Lipinski definition) is 3. The lowest BCUT2D eigenvalue weighted by Crippen LogP contribution is -2.20. The second-order valence-corrected chi connectivity index (χ2v) is 8.65. The van der Waals surface area contributed by atoms with E-state index in [2.05, 4.69) is 34.9 Å². The maximum absolute atomic E-state index is 13.1. The van der Waals surface area contributed by atoms with E-state index in [1.165, 1.54) is 5.56 Å². The summed E-state index contributed by atoms with van der Waals surface area (Å²) in [7, 11) is 0. The fourth-order valence-electron chi connectivity index (χ4n) is 4.09. The second kappa shape index (κ2) is 11.8. The van der Waals surface area contributed by atoms with Gasteiger partial charge in [0.05, 0.1) is 5.92 Å². The lowest BCUT2D eigenvalue weighted by atomic mass is 9.97. The highest BCUT2D eigenvalue weighted by molar-refractivity contribution is 5.96. The highest BCUT2D eigenvalue weighted by Gasteiger charge is 2.17. The van der Waals surface area contributed by atoms with E-state index in [1.807, 2.05) is 85.8 Å². The molecule has 4 aromatic carbocycles. The first kappa shape index (κ1) is 24.0. The maximum Gasteiger partial charge on any atom is 0.231 e. The number of para-hydroxylation sites is 1. The standard InChI is InChI=1S/C31H30N2O2/c1-23(25-15-17-29(18-16-25)32-20-19-24-9-3-2-4-10-24)31(35)33-30-14-8-7-12-27(30)21-26-11-5-6-13-28(26)22-34/h2-18,22-23,32H,19-21H2,1H3,(H,33,35). The molecule has 4 heteroatoms. The van der Waals surface area contributed by atoms with Crippen molar-refractivity contribution >= 4 is 23.6 Å². The molecule has 0 aliphatic carbocycles. The predicted molar refractivity (Wildman–Crippen MR) is 143 cm³/mol. The summed E-state index contributed by atoms with van der Waals surface area (Å²) in [4.78, 5) is 24.5. The van der Waals surface area contributed by atoms with E-state index in [1.54, 1.807) is 0 Å². The predicted octanol–water partition coefficient (Wildman–Crippen LogP) is 6.49. The smallest absolute Gasteiger partial charge is 0.231 e. The first-order chi connectivity index (χ1) is 17.1. The van der Waals surface area contributed by atoms with Crippen molar-refractivity contribution in [2.24, 2.45) is 0 Å². The number of nitrogens with one attached hydrogen (secondary N) is 2. The summed E-state index contributed by atoms with van der Waals surface area (Å²) in [5.41, 5.74) is 6.64. The molecule has 1 atom stereocenters. The Bertz CT molecular complexity index is 1270. The number of rotatable bonds is 10. The van der Waals surface area contributed by atoms with Crippen LogP contribution in [-0.4, -0.2) is 18.7 Å². The van der Waals surface area contributed by atoms with Gasteiger partial charge in [-0.3, -0.25) is 9.59 Å². The van der Waals surface area contributed by atoms with E-state index < -0.39 is 0 Å². The molecule has 0 aliphatic heterocycles. The number of anilines is 2. The average molecular weight is 463 g/mol. The van der Waals surface area contributed by atoms with Crippen LogP contribution in [0.25, 0.3) is 0 Å². The van der Waals surface area contributed by atoms with Crippen molar-refractivity contribution in [3.05, 3.63) is 131 Å². The molecule has 1 unspecified atom stereocenters. The molecule has 0 heterocycles. The summed E-state index contributed by atoms with van der Waals surface area (Å²) in [6.45, 7) is 2.76. The van der Waals surface area contributed by atoms with Crippen LogP contribution in [0, 0.1) is 0 Å². The third kappa shape index (κ3) is 6.45. The first-order valence-electron chi connectivity index (χ1n) is 11.9. The van der Waals surface area contributed by atoms with Gasteiger partial charge in [-0.2, -0.15) is 0 Å². The van der Waals surface area contributed by atoms with E-state index >= 15 is 0 Å². The van der Waals surface area contributed by atoms with Gasteiger partial charge in [-0.25, -0.2) is 0 Å². The van der Waals surface area contributed by atoms with Crippen LogP contribution in [0.2, 0.25) is 0 Å². The third-order valence-electron chi connectivity index (χ3n) is 6.23. The molecule has 4 aromatic rings. The van der Waals surface area contributed by atoms with E-state index in [4.69, 9.17) is 0 Å². The van der Waals surface area contributed by atoms with Crippen LogP contribution in [0.15, 0.2) is 103 Å². The maximum atomic E-state index is 13.1. The van der Waals surface area contributed by atoms with Crippen molar-refractivity contribution in [3.63, 3.8) is 0 Å². The zero-order chi connectivity index (χ0) is 24.5. The van der Waals surface area contributed by atoms with Crippen molar-refractivity contribution < 1.29 is 9.59 Å². The van der Waals surface area contributed by atoms with Crippen LogP contribution in [0.1, 0.15) is 45.5 Å². The lowest BCUT2D eigenvalue weighted by molar-refractivity contribution is -0.117. The lowest BCUT2D eigenvalue weighted by Gasteiger charge is -2.16. The topological polar surface area (TPSA) is 58.2 Å². The van der Waals surface area contributed by atoms with Crippen LogP contribution < -0.4 is 10.6 Å². The normalized spacial score (nSPS) is 11.5. The van der Waals surface area contributed by atoms with Crippen LogP contribution in [0.3, 0.4) is 0 Å². The van der Waals surface area contributed by atoms with Crippen LogP contribution >= 0.6 is 0 Å². The van der Waals surface area contributed by atoms with Gasteiger partial charge in [0.15, 0.2) is 0 Å². The Labute approximate surface area is 207 Å². The molecule has 0 fully saturated rings. The Hall–Kier alpha value is -4.18. The summed E-state index contributed by atoms with van der Waals surface area (Å²) in [5.74, 6) is -0.366. The molecule has 35 heavy (non-hydrogen) atoms. The summed E-state index contributed by atoms with van der Waals surface area (Å²) in [6.07, 6.45) is 2.40. The number of carbonyl (C=O) groups is 2. The van der Waals surface area contributed by atoms with Gasteiger partial charge in [-0.05, 0) is 53.8 Å². The molecule has 2 N–H and O–H groups in total. The second-order valence-electron chi connectivity index (χ2n) is 8.65. The van der Waals surface area contributed by atoms with E-state index in [-0.39, 0.29) is 11.8 Å². The highest BCUT2D eigenvalue weighted by atomic mass is 16.1. The minimum atomic E-state index is -0.302.